The topological polar surface area (TPSA) is 12.9 Å². The number of aryl methyl sites for hydroxylation is 1. The van der Waals surface area contributed by atoms with Gasteiger partial charge in [0.05, 0.1) is 0 Å². The lowest BCUT2D eigenvalue weighted by Crippen LogP contribution is -2.48. The second kappa shape index (κ2) is 2.39. The van der Waals surface area contributed by atoms with Gasteiger partial charge in [-0.1, -0.05) is 13.8 Å². The predicted molar refractivity (Wildman–Crippen MR) is 57.3 cm³/mol. The quantitative estimate of drug-likeness (QED) is 0.608. The van der Waals surface area contributed by atoms with E-state index in [1.54, 1.807) is 5.56 Å². The lowest BCUT2D eigenvalue weighted by atomic mass is 9.47. The molecule has 3 aliphatic carbocycles. The van der Waals surface area contributed by atoms with Crippen molar-refractivity contribution in [2.24, 2.45) is 11.3 Å². The van der Waals surface area contributed by atoms with Crippen molar-refractivity contribution in [3.05, 3.63) is 29.1 Å². The van der Waals surface area contributed by atoms with Gasteiger partial charge in [0.15, 0.2) is 0 Å². The molecule has 4 rings (SSSR count). The van der Waals surface area contributed by atoms with Crippen LogP contribution in [0.15, 0.2) is 12.4 Å². The molecule has 3 aliphatic rings. The molecule has 2 bridgehead atoms. The van der Waals surface area contributed by atoms with E-state index in [-0.39, 0.29) is 0 Å². The second-order valence-electron chi connectivity index (χ2n) is 5.53. The Morgan fingerprint density at radius 1 is 1.36 bits per heavy atom. The highest BCUT2D eigenvalue weighted by atomic mass is 14.7. The minimum atomic E-state index is 0.530. The summed E-state index contributed by atoms with van der Waals surface area (Å²) in [6.45, 7) is 7.03. The Balaban J connectivity index is 2.16. The lowest BCUT2D eigenvalue weighted by Gasteiger charge is -2.57. The van der Waals surface area contributed by atoms with E-state index in [2.05, 4.69) is 32.0 Å². The minimum absolute atomic E-state index is 0.530. The van der Waals surface area contributed by atoms with Crippen LogP contribution in [0.3, 0.4) is 0 Å². The summed E-state index contributed by atoms with van der Waals surface area (Å²) in [7, 11) is 0. The summed E-state index contributed by atoms with van der Waals surface area (Å²) < 4.78 is 0. The normalized spacial score (nSPS) is 31.9. The Bertz CT molecular complexity index is 392. The number of hydrogen-bond donors (Lipinski definition) is 0. The number of pyridine rings is 1. The Morgan fingerprint density at radius 3 is 2.86 bits per heavy atom. The monoisotopic (exact) mass is 187 g/mol. The van der Waals surface area contributed by atoms with Crippen LogP contribution in [0, 0.1) is 18.3 Å². The second-order valence-corrected chi connectivity index (χ2v) is 5.53. The SMILES string of the molecule is Cc1cncc2c1C[C@H]1C[C@@H]2C1(C)C. The molecule has 0 spiro atoms. The van der Waals surface area contributed by atoms with E-state index in [1.807, 2.05) is 6.20 Å². The summed E-state index contributed by atoms with van der Waals surface area (Å²) in [5.74, 6) is 1.70. The molecular weight excluding hydrogens is 170 g/mol. The van der Waals surface area contributed by atoms with Crippen molar-refractivity contribution < 1.29 is 0 Å². The van der Waals surface area contributed by atoms with Crippen LogP contribution in [0.1, 0.15) is 42.9 Å². The van der Waals surface area contributed by atoms with Gasteiger partial charge in [-0.3, -0.25) is 4.98 Å². The van der Waals surface area contributed by atoms with Crippen LogP contribution in [-0.4, -0.2) is 4.98 Å². The van der Waals surface area contributed by atoms with Crippen molar-refractivity contribution in [1.82, 2.24) is 4.98 Å². The van der Waals surface area contributed by atoms with Gasteiger partial charge in [-0.05, 0) is 53.7 Å². The van der Waals surface area contributed by atoms with Crippen LogP contribution in [0.2, 0.25) is 0 Å². The number of hydrogen-bond acceptors (Lipinski definition) is 1. The summed E-state index contributed by atoms with van der Waals surface area (Å²) in [5, 5.41) is 0. The van der Waals surface area contributed by atoms with Crippen molar-refractivity contribution in [1.29, 1.82) is 0 Å². The highest BCUT2D eigenvalue weighted by Gasteiger charge is 2.52. The van der Waals surface area contributed by atoms with E-state index in [1.165, 1.54) is 24.0 Å². The zero-order valence-electron chi connectivity index (χ0n) is 9.17. The van der Waals surface area contributed by atoms with Gasteiger partial charge in [0.25, 0.3) is 0 Å². The number of rotatable bonds is 0. The van der Waals surface area contributed by atoms with Crippen molar-refractivity contribution in [2.75, 3.05) is 0 Å². The average molecular weight is 187 g/mol. The molecule has 0 radical (unpaired) electrons. The molecule has 2 atom stereocenters. The van der Waals surface area contributed by atoms with Gasteiger partial charge in [-0.2, -0.15) is 0 Å². The van der Waals surface area contributed by atoms with Crippen LogP contribution in [0.25, 0.3) is 0 Å². The van der Waals surface area contributed by atoms with E-state index >= 15 is 0 Å². The van der Waals surface area contributed by atoms with Crippen LogP contribution in [0.5, 0.6) is 0 Å². The third-order valence-corrected chi connectivity index (χ3v) is 4.60. The first-order valence-electron chi connectivity index (χ1n) is 5.54. The summed E-state index contributed by atoms with van der Waals surface area (Å²) in [6, 6.07) is 0. The highest BCUT2D eigenvalue weighted by molar-refractivity contribution is 5.41. The van der Waals surface area contributed by atoms with Crippen LogP contribution in [0.4, 0.5) is 0 Å². The van der Waals surface area contributed by atoms with Crippen LogP contribution in [-0.2, 0) is 6.42 Å². The molecule has 0 N–H and O–H groups in total. The van der Waals surface area contributed by atoms with Crippen molar-refractivity contribution in [2.45, 2.75) is 39.5 Å². The maximum absolute atomic E-state index is 4.34. The fraction of sp³-hybridized carbons (Fsp3) is 0.615. The molecule has 0 amide bonds. The average Bonchev–Trinajstić information content (AvgIpc) is 2.17. The molecule has 74 valence electrons. The molecule has 1 nitrogen and oxygen atoms in total. The zero-order chi connectivity index (χ0) is 9.92. The highest BCUT2D eigenvalue weighted by Crippen LogP contribution is 2.62. The first-order valence-corrected chi connectivity index (χ1v) is 5.54. The van der Waals surface area contributed by atoms with Crippen molar-refractivity contribution >= 4 is 0 Å². The Kier molecular flexibility index (Phi) is 1.44. The molecular formula is C13H17N. The molecule has 1 heterocycles. The molecule has 1 saturated carbocycles. The Morgan fingerprint density at radius 2 is 2.14 bits per heavy atom. The van der Waals surface area contributed by atoms with E-state index in [0.29, 0.717) is 5.41 Å². The van der Waals surface area contributed by atoms with E-state index < -0.39 is 0 Å². The fourth-order valence-corrected chi connectivity index (χ4v) is 3.33. The molecule has 0 aromatic carbocycles. The van der Waals surface area contributed by atoms with Gasteiger partial charge < -0.3 is 0 Å². The van der Waals surface area contributed by atoms with Gasteiger partial charge >= 0.3 is 0 Å². The van der Waals surface area contributed by atoms with E-state index in [0.717, 1.165) is 11.8 Å². The first-order chi connectivity index (χ1) is 6.60. The van der Waals surface area contributed by atoms with Crippen LogP contribution < -0.4 is 0 Å². The van der Waals surface area contributed by atoms with Gasteiger partial charge in [0.2, 0.25) is 0 Å². The summed E-state index contributed by atoms with van der Waals surface area (Å²) in [4.78, 5) is 4.34. The number of aromatic nitrogens is 1. The molecule has 1 heteroatoms. The molecule has 1 aromatic heterocycles. The lowest BCUT2D eigenvalue weighted by molar-refractivity contribution is 0.0180. The van der Waals surface area contributed by atoms with E-state index in [9.17, 15) is 0 Å². The van der Waals surface area contributed by atoms with Gasteiger partial charge in [-0.15, -0.1) is 0 Å². The fourth-order valence-electron chi connectivity index (χ4n) is 3.33. The Labute approximate surface area is 85.6 Å². The maximum atomic E-state index is 4.34. The molecule has 1 aromatic rings. The third-order valence-electron chi connectivity index (χ3n) is 4.60. The van der Waals surface area contributed by atoms with Gasteiger partial charge in [0.1, 0.15) is 0 Å². The zero-order valence-corrected chi connectivity index (χ0v) is 9.17. The molecule has 1 fully saturated rings. The third kappa shape index (κ3) is 0.832. The standard InChI is InChI=1S/C13H17N/c1-8-6-14-7-11-10(8)4-9-5-12(11)13(9,2)3/h6-7,9,12H,4-5H2,1-3H3/t9-,12-/m0/s1. The Hall–Kier alpha value is -0.850. The molecule has 0 unspecified atom stereocenters. The van der Waals surface area contributed by atoms with Crippen molar-refractivity contribution in [3.63, 3.8) is 0 Å². The van der Waals surface area contributed by atoms with Gasteiger partial charge in [0, 0.05) is 12.4 Å². The largest absolute Gasteiger partial charge is 0.264 e. The molecule has 14 heavy (non-hydrogen) atoms. The van der Waals surface area contributed by atoms with Crippen molar-refractivity contribution in [3.8, 4) is 0 Å². The predicted octanol–water partition coefficient (Wildman–Crippen LogP) is 3.08. The van der Waals surface area contributed by atoms with Crippen LogP contribution >= 0.6 is 0 Å². The summed E-state index contributed by atoms with van der Waals surface area (Å²) in [6.07, 6.45) is 6.79. The molecule has 0 saturated heterocycles. The van der Waals surface area contributed by atoms with Gasteiger partial charge in [-0.25, -0.2) is 0 Å². The first kappa shape index (κ1) is 8.46. The van der Waals surface area contributed by atoms with E-state index in [4.69, 9.17) is 0 Å². The number of nitrogens with zero attached hydrogens (tertiary/aromatic N) is 1. The summed E-state index contributed by atoms with van der Waals surface area (Å²) in [5.41, 5.74) is 5.06. The molecule has 0 aliphatic heterocycles. The summed E-state index contributed by atoms with van der Waals surface area (Å²) >= 11 is 0. The maximum Gasteiger partial charge on any atom is 0.0305 e. The smallest absolute Gasteiger partial charge is 0.0305 e. The minimum Gasteiger partial charge on any atom is -0.264 e.